The number of ether oxygens (including phenoxy) is 1. The van der Waals surface area contributed by atoms with Gasteiger partial charge in [0, 0.05) is 32.4 Å². The minimum absolute atomic E-state index is 0.102. The fourth-order valence-corrected chi connectivity index (χ4v) is 3.92. The molecule has 0 unspecified atom stereocenters. The normalized spacial score (nSPS) is 18.9. The molecule has 1 N–H and O–H groups in total. The zero-order chi connectivity index (χ0) is 21.4. The predicted octanol–water partition coefficient (Wildman–Crippen LogP) is 1.69. The van der Waals surface area contributed by atoms with Crippen LogP contribution in [-0.4, -0.2) is 61.8 Å². The molecule has 0 spiro atoms. The topological polar surface area (TPSA) is 76.0 Å². The molecule has 1 fully saturated rings. The molecule has 0 bridgehead atoms. The van der Waals surface area contributed by atoms with Gasteiger partial charge in [-0.3, -0.25) is 14.4 Å². The Morgan fingerprint density at radius 2 is 2.13 bits per heavy atom. The Morgan fingerprint density at radius 3 is 2.83 bits per heavy atom. The number of hydroxylamine groups is 1. The number of anilines is 1. The van der Waals surface area contributed by atoms with E-state index in [4.69, 9.17) is 9.57 Å². The van der Waals surface area contributed by atoms with Crippen LogP contribution in [0.15, 0.2) is 29.7 Å². The summed E-state index contributed by atoms with van der Waals surface area (Å²) in [5.41, 5.74) is 2.43. The predicted molar refractivity (Wildman–Crippen MR) is 112 cm³/mol. The number of carbonyl (C=O) groups is 1. The average Bonchev–Trinajstić information content (AvgIpc) is 2.73. The van der Waals surface area contributed by atoms with E-state index in [9.17, 15) is 9.59 Å². The van der Waals surface area contributed by atoms with E-state index in [1.165, 1.54) is 18.3 Å². The number of piperazine rings is 1. The van der Waals surface area contributed by atoms with Gasteiger partial charge in [0.15, 0.2) is 11.6 Å². The SMILES string of the molecule is C=CCONC(=O)c1cn2c3c(c(N4CCN(C)CC4)c(F)cc3c1=O)OC[C@@H]2C. The second-order valence-corrected chi connectivity index (χ2v) is 7.69. The van der Waals surface area contributed by atoms with Gasteiger partial charge in [-0.05, 0) is 20.0 Å². The number of hydrogen-bond acceptors (Lipinski definition) is 6. The van der Waals surface area contributed by atoms with Crippen molar-refractivity contribution < 1.29 is 18.8 Å². The molecule has 2 aromatic rings. The monoisotopic (exact) mass is 416 g/mol. The first-order valence-corrected chi connectivity index (χ1v) is 9.93. The fourth-order valence-electron chi connectivity index (χ4n) is 3.92. The van der Waals surface area contributed by atoms with Crippen molar-refractivity contribution in [2.24, 2.45) is 0 Å². The van der Waals surface area contributed by atoms with Crippen molar-refractivity contribution in [3.8, 4) is 5.75 Å². The van der Waals surface area contributed by atoms with Gasteiger partial charge in [0.05, 0.1) is 23.6 Å². The van der Waals surface area contributed by atoms with Gasteiger partial charge in [0.2, 0.25) is 5.43 Å². The zero-order valence-corrected chi connectivity index (χ0v) is 17.1. The van der Waals surface area contributed by atoms with Gasteiger partial charge < -0.3 is 19.1 Å². The number of pyridine rings is 1. The van der Waals surface area contributed by atoms with Crippen molar-refractivity contribution in [3.63, 3.8) is 0 Å². The Labute approximate surface area is 173 Å². The maximum atomic E-state index is 15.2. The molecule has 1 saturated heterocycles. The lowest BCUT2D eigenvalue weighted by Crippen LogP contribution is -2.45. The van der Waals surface area contributed by atoms with Crippen molar-refractivity contribution >= 4 is 22.5 Å². The third-order valence-electron chi connectivity index (χ3n) is 5.57. The summed E-state index contributed by atoms with van der Waals surface area (Å²) in [5, 5.41) is 0.114. The van der Waals surface area contributed by atoms with Gasteiger partial charge in [0.25, 0.3) is 5.91 Å². The van der Waals surface area contributed by atoms with Crippen LogP contribution in [0.3, 0.4) is 0 Å². The first-order chi connectivity index (χ1) is 14.4. The van der Waals surface area contributed by atoms with E-state index in [2.05, 4.69) is 17.0 Å². The summed E-state index contributed by atoms with van der Waals surface area (Å²) >= 11 is 0. The Bertz CT molecular complexity index is 1060. The van der Waals surface area contributed by atoms with Gasteiger partial charge in [-0.25, -0.2) is 9.87 Å². The number of amides is 1. The van der Waals surface area contributed by atoms with Crippen molar-refractivity contribution in [2.45, 2.75) is 13.0 Å². The molecule has 0 aliphatic carbocycles. The maximum absolute atomic E-state index is 15.2. The molecule has 2 aliphatic rings. The molecule has 1 aromatic carbocycles. The van der Waals surface area contributed by atoms with E-state index >= 15 is 4.39 Å². The van der Waals surface area contributed by atoms with Gasteiger partial charge in [-0.2, -0.15) is 0 Å². The molecule has 1 amide bonds. The summed E-state index contributed by atoms with van der Waals surface area (Å²) in [6.45, 7) is 8.77. The van der Waals surface area contributed by atoms with Gasteiger partial charge in [0.1, 0.15) is 17.9 Å². The fraction of sp³-hybridized carbons (Fsp3) is 0.429. The molecule has 160 valence electrons. The van der Waals surface area contributed by atoms with Gasteiger partial charge >= 0.3 is 0 Å². The molecule has 0 radical (unpaired) electrons. The highest BCUT2D eigenvalue weighted by Crippen LogP contribution is 2.42. The van der Waals surface area contributed by atoms with Crippen LogP contribution < -0.4 is 20.5 Å². The van der Waals surface area contributed by atoms with Gasteiger partial charge in [-0.15, -0.1) is 6.58 Å². The molecule has 2 aliphatic heterocycles. The minimum atomic E-state index is -0.684. The molecule has 0 saturated carbocycles. The van der Waals surface area contributed by atoms with Crippen LogP contribution in [0.2, 0.25) is 0 Å². The lowest BCUT2D eigenvalue weighted by molar-refractivity contribution is 0.0420. The third kappa shape index (κ3) is 3.44. The number of carbonyl (C=O) groups excluding carboxylic acids is 1. The first-order valence-electron chi connectivity index (χ1n) is 9.93. The largest absolute Gasteiger partial charge is 0.487 e. The maximum Gasteiger partial charge on any atom is 0.280 e. The number of rotatable bonds is 5. The number of halogens is 1. The van der Waals surface area contributed by atoms with Crippen LogP contribution in [0.4, 0.5) is 10.1 Å². The lowest BCUT2D eigenvalue weighted by atomic mass is 10.0. The molecular formula is C21H25FN4O4. The van der Waals surface area contributed by atoms with Crippen LogP contribution >= 0.6 is 0 Å². The summed E-state index contributed by atoms with van der Waals surface area (Å²) in [6, 6.07) is 1.08. The quantitative estimate of drug-likeness (QED) is 0.454. The van der Waals surface area contributed by atoms with Crippen LogP contribution in [-0.2, 0) is 4.84 Å². The molecular weight excluding hydrogens is 391 g/mol. The number of nitrogens with zero attached hydrogens (tertiary/aromatic N) is 3. The Kier molecular flexibility index (Phi) is 5.48. The number of aromatic nitrogens is 1. The minimum Gasteiger partial charge on any atom is -0.487 e. The average molecular weight is 416 g/mol. The smallest absolute Gasteiger partial charge is 0.280 e. The Hall–Kier alpha value is -2.91. The third-order valence-corrected chi connectivity index (χ3v) is 5.57. The number of nitrogens with one attached hydrogen (secondary N) is 1. The lowest BCUT2D eigenvalue weighted by Gasteiger charge is -2.37. The molecule has 4 rings (SSSR count). The Morgan fingerprint density at radius 1 is 1.40 bits per heavy atom. The summed E-state index contributed by atoms with van der Waals surface area (Å²) in [5.74, 6) is -0.850. The van der Waals surface area contributed by atoms with E-state index in [1.807, 2.05) is 23.4 Å². The zero-order valence-electron chi connectivity index (χ0n) is 17.1. The van der Waals surface area contributed by atoms with E-state index < -0.39 is 17.2 Å². The molecule has 1 atom stereocenters. The van der Waals surface area contributed by atoms with Crippen molar-refractivity contribution in [1.82, 2.24) is 14.9 Å². The van der Waals surface area contributed by atoms with Crippen LogP contribution in [0.1, 0.15) is 23.3 Å². The molecule has 1 aromatic heterocycles. The molecule has 3 heterocycles. The number of benzene rings is 1. The molecule has 9 heteroatoms. The molecule has 8 nitrogen and oxygen atoms in total. The number of hydrogen-bond donors (Lipinski definition) is 1. The summed E-state index contributed by atoms with van der Waals surface area (Å²) in [7, 11) is 2.03. The summed E-state index contributed by atoms with van der Waals surface area (Å²) in [6.07, 6.45) is 2.97. The van der Waals surface area contributed by atoms with E-state index in [1.54, 1.807) is 0 Å². The summed E-state index contributed by atoms with van der Waals surface area (Å²) < 4.78 is 23.0. The van der Waals surface area contributed by atoms with Crippen molar-refractivity contribution in [1.29, 1.82) is 0 Å². The van der Waals surface area contributed by atoms with Crippen LogP contribution in [0.5, 0.6) is 5.75 Å². The van der Waals surface area contributed by atoms with Crippen molar-refractivity contribution in [3.05, 3.63) is 46.5 Å². The molecule has 30 heavy (non-hydrogen) atoms. The second kappa shape index (κ2) is 8.08. The first kappa shape index (κ1) is 20.4. The summed E-state index contributed by atoms with van der Waals surface area (Å²) in [4.78, 5) is 34.6. The highest BCUT2D eigenvalue weighted by molar-refractivity contribution is 5.99. The number of likely N-dealkylation sites (N-methyl/N-ethyl adjacent to an activating group) is 1. The van der Waals surface area contributed by atoms with Crippen LogP contribution in [0.25, 0.3) is 10.9 Å². The van der Waals surface area contributed by atoms with E-state index in [-0.39, 0.29) is 23.6 Å². The van der Waals surface area contributed by atoms with E-state index in [0.717, 1.165) is 13.1 Å². The van der Waals surface area contributed by atoms with Gasteiger partial charge in [-0.1, -0.05) is 6.08 Å². The van der Waals surface area contributed by atoms with Crippen molar-refractivity contribution in [2.75, 3.05) is 51.3 Å². The van der Waals surface area contributed by atoms with Crippen LogP contribution in [0, 0.1) is 5.82 Å². The second-order valence-electron chi connectivity index (χ2n) is 7.69. The highest BCUT2D eigenvalue weighted by Gasteiger charge is 2.31. The Balaban J connectivity index is 1.86. The van der Waals surface area contributed by atoms with E-state index in [0.29, 0.717) is 36.6 Å². The standard InChI is InChI=1S/C21H25FN4O4/c1-4-9-30-23-21(28)15-11-26-13(2)12-29-20-17(26)14(19(15)27)10-16(22)18(20)25-7-5-24(3)6-8-25/h4,10-11,13H,1,5-9,12H2,2-3H3,(H,23,28)/t13-/m0/s1. The highest BCUT2D eigenvalue weighted by atomic mass is 19.1.